The highest BCUT2D eigenvalue weighted by Gasteiger charge is 2.32. The average molecular weight is 381 g/mol. The number of hydrogen-bond acceptors (Lipinski definition) is 3. The molecule has 2 aromatic rings. The number of aromatic nitrogens is 1. The molecule has 0 aliphatic heterocycles. The van der Waals surface area contributed by atoms with E-state index in [1.54, 1.807) is 6.20 Å². The van der Waals surface area contributed by atoms with Crippen molar-refractivity contribution in [1.29, 1.82) is 0 Å². The first-order chi connectivity index (χ1) is 13.3. The van der Waals surface area contributed by atoms with Gasteiger partial charge < -0.3 is 9.64 Å². The van der Waals surface area contributed by atoms with Crippen molar-refractivity contribution in [2.24, 2.45) is 5.41 Å². The standard InChI is InChI=1S/C24H32N2O2/c1-24(2,3)22(17-19-9-7-8-16-25-19)26(4)23(27)18-12-14-21(15-13-18)28-20-10-5-6-11-20/h7-9,12-16,20,22H,5-6,10-11,17H2,1-4H3. The molecular formula is C24H32N2O2. The molecule has 0 saturated heterocycles. The molecule has 150 valence electrons. The maximum absolute atomic E-state index is 13.1. The Morgan fingerprint density at radius 3 is 2.39 bits per heavy atom. The van der Waals surface area contributed by atoms with Gasteiger partial charge in [0.2, 0.25) is 0 Å². The minimum Gasteiger partial charge on any atom is -0.490 e. The number of carbonyl (C=O) groups is 1. The van der Waals surface area contributed by atoms with Crippen LogP contribution < -0.4 is 4.74 Å². The molecular weight excluding hydrogens is 348 g/mol. The quantitative estimate of drug-likeness (QED) is 0.697. The van der Waals surface area contributed by atoms with Crippen LogP contribution in [0.15, 0.2) is 48.7 Å². The summed E-state index contributed by atoms with van der Waals surface area (Å²) in [6.45, 7) is 6.51. The van der Waals surface area contributed by atoms with Crippen LogP contribution >= 0.6 is 0 Å². The van der Waals surface area contributed by atoms with Gasteiger partial charge >= 0.3 is 0 Å². The normalized spacial score (nSPS) is 16.0. The molecule has 0 N–H and O–H groups in total. The van der Waals surface area contributed by atoms with Crippen molar-refractivity contribution in [2.75, 3.05) is 7.05 Å². The molecule has 3 rings (SSSR count). The number of nitrogens with zero attached hydrogens (tertiary/aromatic N) is 2. The lowest BCUT2D eigenvalue weighted by Crippen LogP contribution is -2.46. The van der Waals surface area contributed by atoms with Gasteiger partial charge in [0.15, 0.2) is 0 Å². The van der Waals surface area contributed by atoms with Gasteiger partial charge in [-0.3, -0.25) is 9.78 Å². The van der Waals surface area contributed by atoms with E-state index in [0.29, 0.717) is 11.7 Å². The van der Waals surface area contributed by atoms with Crippen LogP contribution in [0.3, 0.4) is 0 Å². The number of carbonyl (C=O) groups excluding carboxylic acids is 1. The summed E-state index contributed by atoms with van der Waals surface area (Å²) in [5.74, 6) is 0.884. The van der Waals surface area contributed by atoms with Crippen LogP contribution in [0.25, 0.3) is 0 Å². The third-order valence-electron chi connectivity index (χ3n) is 5.62. The van der Waals surface area contributed by atoms with E-state index in [4.69, 9.17) is 4.74 Å². The predicted molar refractivity (Wildman–Crippen MR) is 113 cm³/mol. The van der Waals surface area contributed by atoms with Crippen LogP contribution in [0.5, 0.6) is 5.75 Å². The Morgan fingerprint density at radius 2 is 1.82 bits per heavy atom. The van der Waals surface area contributed by atoms with Crippen LogP contribution in [-0.2, 0) is 6.42 Å². The van der Waals surface area contributed by atoms with Gasteiger partial charge in [-0.05, 0) is 67.5 Å². The lowest BCUT2D eigenvalue weighted by Gasteiger charge is -2.38. The van der Waals surface area contributed by atoms with Gasteiger partial charge in [0.05, 0.1) is 6.10 Å². The molecule has 1 aliphatic carbocycles. The zero-order chi connectivity index (χ0) is 20.1. The van der Waals surface area contributed by atoms with E-state index in [1.165, 1.54) is 12.8 Å². The molecule has 4 heteroatoms. The number of pyridine rings is 1. The fourth-order valence-electron chi connectivity index (χ4n) is 3.96. The monoisotopic (exact) mass is 380 g/mol. The van der Waals surface area contributed by atoms with E-state index in [1.807, 2.05) is 54.4 Å². The fourth-order valence-corrected chi connectivity index (χ4v) is 3.96. The first-order valence-corrected chi connectivity index (χ1v) is 10.3. The number of likely N-dealkylation sites (N-methyl/N-ethyl adjacent to an activating group) is 1. The van der Waals surface area contributed by atoms with Crippen molar-refractivity contribution in [3.05, 3.63) is 59.9 Å². The second-order valence-corrected chi connectivity index (χ2v) is 8.87. The van der Waals surface area contributed by atoms with Crippen LogP contribution in [0.4, 0.5) is 0 Å². The molecule has 1 aromatic heterocycles. The molecule has 0 spiro atoms. The lowest BCUT2D eigenvalue weighted by atomic mass is 9.82. The van der Waals surface area contributed by atoms with Crippen molar-refractivity contribution in [2.45, 2.75) is 65.0 Å². The molecule has 28 heavy (non-hydrogen) atoms. The molecule has 1 atom stereocenters. The van der Waals surface area contributed by atoms with Gasteiger partial charge in [-0.25, -0.2) is 0 Å². The topological polar surface area (TPSA) is 42.4 Å². The zero-order valence-electron chi connectivity index (χ0n) is 17.5. The van der Waals surface area contributed by atoms with Crippen LogP contribution in [0.2, 0.25) is 0 Å². The van der Waals surface area contributed by atoms with Crippen LogP contribution in [0.1, 0.15) is 62.5 Å². The molecule has 1 aliphatic rings. The Kier molecular flexibility index (Phi) is 6.38. The van der Waals surface area contributed by atoms with Crippen molar-refractivity contribution < 1.29 is 9.53 Å². The smallest absolute Gasteiger partial charge is 0.253 e. The molecule has 0 bridgehead atoms. The van der Waals surface area contributed by atoms with Gasteiger partial charge in [0.25, 0.3) is 5.91 Å². The number of amides is 1. The van der Waals surface area contributed by atoms with Crippen LogP contribution in [-0.4, -0.2) is 35.0 Å². The molecule has 0 radical (unpaired) electrons. The zero-order valence-corrected chi connectivity index (χ0v) is 17.5. The summed E-state index contributed by atoms with van der Waals surface area (Å²) in [5, 5.41) is 0. The van der Waals surface area contributed by atoms with E-state index in [0.717, 1.165) is 30.7 Å². The van der Waals surface area contributed by atoms with Gasteiger partial charge in [0, 0.05) is 37.0 Å². The average Bonchev–Trinajstić information content (AvgIpc) is 3.18. The van der Waals surface area contributed by atoms with E-state index in [-0.39, 0.29) is 17.4 Å². The summed E-state index contributed by atoms with van der Waals surface area (Å²) in [6.07, 6.45) is 7.62. The summed E-state index contributed by atoms with van der Waals surface area (Å²) < 4.78 is 6.02. The van der Waals surface area contributed by atoms with Crippen molar-refractivity contribution in [3.63, 3.8) is 0 Å². The summed E-state index contributed by atoms with van der Waals surface area (Å²) in [7, 11) is 1.89. The molecule has 1 saturated carbocycles. The SMILES string of the molecule is CN(C(=O)c1ccc(OC2CCCC2)cc1)C(Cc1ccccn1)C(C)(C)C. The highest BCUT2D eigenvalue weighted by molar-refractivity contribution is 5.94. The van der Waals surface area contributed by atoms with Gasteiger partial charge in [0.1, 0.15) is 5.75 Å². The number of ether oxygens (including phenoxy) is 1. The summed E-state index contributed by atoms with van der Waals surface area (Å²) >= 11 is 0. The van der Waals surface area contributed by atoms with E-state index in [2.05, 4.69) is 25.8 Å². The number of rotatable bonds is 6. The van der Waals surface area contributed by atoms with Gasteiger partial charge in [-0.15, -0.1) is 0 Å². The van der Waals surface area contributed by atoms with Crippen LogP contribution in [0, 0.1) is 5.41 Å². The second kappa shape index (κ2) is 8.76. The summed E-state index contributed by atoms with van der Waals surface area (Å²) in [4.78, 5) is 19.5. The van der Waals surface area contributed by atoms with Gasteiger partial charge in [-0.1, -0.05) is 26.8 Å². The highest BCUT2D eigenvalue weighted by atomic mass is 16.5. The third-order valence-corrected chi connectivity index (χ3v) is 5.62. The van der Waals surface area contributed by atoms with E-state index in [9.17, 15) is 4.79 Å². The third kappa shape index (κ3) is 5.12. The first kappa shape index (κ1) is 20.4. The Hall–Kier alpha value is -2.36. The predicted octanol–water partition coefficient (Wildman–Crippen LogP) is 5.13. The Morgan fingerprint density at radius 1 is 1.14 bits per heavy atom. The maximum atomic E-state index is 13.1. The second-order valence-electron chi connectivity index (χ2n) is 8.87. The number of benzene rings is 1. The molecule has 1 unspecified atom stereocenters. The minimum atomic E-state index is -0.0620. The van der Waals surface area contributed by atoms with Crippen molar-refractivity contribution in [3.8, 4) is 5.75 Å². The lowest BCUT2D eigenvalue weighted by molar-refractivity contribution is 0.0595. The Bertz CT molecular complexity index is 759. The molecule has 1 fully saturated rings. The largest absolute Gasteiger partial charge is 0.490 e. The molecule has 1 heterocycles. The summed E-state index contributed by atoms with van der Waals surface area (Å²) in [5.41, 5.74) is 1.63. The fraction of sp³-hybridized carbons (Fsp3) is 0.500. The van der Waals surface area contributed by atoms with E-state index < -0.39 is 0 Å². The van der Waals surface area contributed by atoms with Gasteiger partial charge in [-0.2, -0.15) is 0 Å². The van der Waals surface area contributed by atoms with Crippen molar-refractivity contribution in [1.82, 2.24) is 9.88 Å². The summed E-state index contributed by atoms with van der Waals surface area (Å²) in [6, 6.07) is 13.6. The first-order valence-electron chi connectivity index (χ1n) is 10.3. The van der Waals surface area contributed by atoms with Crippen molar-refractivity contribution >= 4 is 5.91 Å². The molecule has 1 aromatic carbocycles. The number of hydrogen-bond donors (Lipinski definition) is 0. The Balaban J connectivity index is 1.71. The Labute approximate surface area is 168 Å². The minimum absolute atomic E-state index is 0.0308. The molecule has 4 nitrogen and oxygen atoms in total. The molecule has 1 amide bonds. The highest BCUT2D eigenvalue weighted by Crippen LogP contribution is 2.28. The van der Waals surface area contributed by atoms with E-state index >= 15 is 0 Å². The maximum Gasteiger partial charge on any atom is 0.253 e.